The van der Waals surface area contributed by atoms with Gasteiger partial charge in [-0.2, -0.15) is 0 Å². The summed E-state index contributed by atoms with van der Waals surface area (Å²) in [6.07, 6.45) is 0.772. The smallest absolute Gasteiger partial charge is 0.336 e. The minimum atomic E-state index is -0.367. The topological polar surface area (TPSA) is 79.2 Å². The Morgan fingerprint density at radius 1 is 1.17 bits per heavy atom. The lowest BCUT2D eigenvalue weighted by molar-refractivity contribution is 0.0871. The molecule has 1 atom stereocenters. The Labute approximate surface area is 168 Å². The van der Waals surface area contributed by atoms with Crippen molar-refractivity contribution >= 4 is 11.0 Å². The van der Waals surface area contributed by atoms with E-state index in [0.717, 1.165) is 18.4 Å². The van der Waals surface area contributed by atoms with Gasteiger partial charge < -0.3 is 28.7 Å². The monoisotopic (exact) mass is 397 g/mol. The average Bonchev–Trinajstić information content (AvgIpc) is 2.75. The molecule has 4 rings (SSSR count). The number of nitrogens with one attached hydrogen (secondary N) is 1. The van der Waals surface area contributed by atoms with Gasteiger partial charge >= 0.3 is 5.63 Å². The quantitative estimate of drug-likeness (QED) is 0.462. The second-order valence-electron chi connectivity index (χ2n) is 6.70. The molecule has 152 valence electrons. The van der Waals surface area contributed by atoms with Crippen molar-refractivity contribution in [1.82, 2.24) is 5.32 Å². The van der Waals surface area contributed by atoms with E-state index in [1.54, 1.807) is 19.2 Å². The summed E-state index contributed by atoms with van der Waals surface area (Å²) in [7, 11) is 1.61. The van der Waals surface area contributed by atoms with Crippen LogP contribution in [-0.4, -0.2) is 39.5 Å². The molecule has 2 aromatic carbocycles. The standard InChI is InChI=1S/C22H23NO6/c1-25-18-4-2-5-19-22(18)27-14-17(28-19)13-23-10-3-11-26-16-8-6-15-7-9-21(24)29-20(15)12-16/h2,4-9,12,17,23H,3,10-11,13-14H2,1H3. The predicted molar refractivity (Wildman–Crippen MR) is 108 cm³/mol. The second kappa shape index (κ2) is 8.87. The molecular weight excluding hydrogens is 374 g/mol. The number of benzene rings is 2. The Hall–Kier alpha value is -3.19. The molecule has 7 nitrogen and oxygen atoms in total. The molecule has 1 aromatic heterocycles. The van der Waals surface area contributed by atoms with Gasteiger partial charge in [-0.1, -0.05) is 6.07 Å². The van der Waals surface area contributed by atoms with Crippen molar-refractivity contribution < 1.29 is 23.4 Å². The Kier molecular flexibility index (Phi) is 5.86. The molecule has 1 unspecified atom stereocenters. The SMILES string of the molecule is COc1cccc2c1OCC(CNCCCOc1ccc3ccc(=O)oc3c1)O2. The number of hydrogen-bond donors (Lipinski definition) is 1. The highest BCUT2D eigenvalue weighted by Crippen LogP contribution is 2.39. The van der Waals surface area contributed by atoms with Crippen LogP contribution >= 0.6 is 0 Å². The third-order valence-corrected chi connectivity index (χ3v) is 4.60. The number of ether oxygens (including phenoxy) is 4. The molecule has 1 aliphatic rings. The van der Waals surface area contributed by atoms with Gasteiger partial charge in [0.15, 0.2) is 11.5 Å². The van der Waals surface area contributed by atoms with E-state index in [1.165, 1.54) is 6.07 Å². The lowest BCUT2D eigenvalue weighted by Crippen LogP contribution is -2.39. The molecule has 0 spiro atoms. The van der Waals surface area contributed by atoms with Gasteiger partial charge in [0, 0.05) is 24.1 Å². The number of para-hydroxylation sites is 1. The van der Waals surface area contributed by atoms with Crippen molar-refractivity contribution in [3.05, 3.63) is 59.0 Å². The molecule has 0 fully saturated rings. The van der Waals surface area contributed by atoms with E-state index in [2.05, 4.69) is 5.32 Å². The molecule has 0 bridgehead atoms. The van der Waals surface area contributed by atoms with Crippen molar-refractivity contribution in [1.29, 1.82) is 0 Å². The zero-order chi connectivity index (χ0) is 20.1. The molecule has 3 aromatic rings. The number of rotatable bonds is 8. The number of hydrogen-bond acceptors (Lipinski definition) is 7. The molecule has 0 saturated heterocycles. The molecule has 0 aliphatic carbocycles. The first kappa shape index (κ1) is 19.1. The van der Waals surface area contributed by atoms with Crippen LogP contribution in [0.4, 0.5) is 0 Å². The minimum absolute atomic E-state index is 0.0566. The third kappa shape index (κ3) is 4.63. The molecule has 1 N–H and O–H groups in total. The second-order valence-corrected chi connectivity index (χ2v) is 6.70. The zero-order valence-corrected chi connectivity index (χ0v) is 16.2. The van der Waals surface area contributed by atoms with Crippen molar-refractivity contribution in [2.75, 3.05) is 33.4 Å². The summed E-state index contributed by atoms with van der Waals surface area (Å²) in [6.45, 7) is 2.49. The fraction of sp³-hybridized carbons (Fsp3) is 0.318. The highest BCUT2D eigenvalue weighted by atomic mass is 16.6. The lowest BCUT2D eigenvalue weighted by Gasteiger charge is -2.27. The van der Waals surface area contributed by atoms with Crippen molar-refractivity contribution in [3.8, 4) is 23.0 Å². The van der Waals surface area contributed by atoms with Gasteiger partial charge in [-0.25, -0.2) is 4.79 Å². The van der Waals surface area contributed by atoms with E-state index >= 15 is 0 Å². The maximum Gasteiger partial charge on any atom is 0.336 e. The van der Waals surface area contributed by atoms with E-state index in [0.29, 0.717) is 48.3 Å². The van der Waals surface area contributed by atoms with Gasteiger partial charge in [0.1, 0.15) is 24.0 Å². The number of methoxy groups -OCH3 is 1. The van der Waals surface area contributed by atoms with Crippen LogP contribution in [0.15, 0.2) is 57.7 Å². The van der Waals surface area contributed by atoms with E-state index in [4.69, 9.17) is 23.4 Å². The summed E-state index contributed by atoms with van der Waals surface area (Å²) < 4.78 is 28.0. The first-order valence-electron chi connectivity index (χ1n) is 9.57. The summed E-state index contributed by atoms with van der Waals surface area (Å²) in [5, 5.41) is 4.23. The van der Waals surface area contributed by atoms with Gasteiger partial charge in [-0.05, 0) is 43.3 Å². The van der Waals surface area contributed by atoms with Crippen LogP contribution in [-0.2, 0) is 0 Å². The molecule has 1 aliphatic heterocycles. The Morgan fingerprint density at radius 3 is 2.97 bits per heavy atom. The van der Waals surface area contributed by atoms with Crippen LogP contribution in [0, 0.1) is 0 Å². The summed E-state index contributed by atoms with van der Waals surface area (Å²) in [5.74, 6) is 2.72. The molecule has 7 heteroatoms. The predicted octanol–water partition coefficient (Wildman–Crippen LogP) is 3.00. The molecule has 0 saturated carbocycles. The highest BCUT2D eigenvalue weighted by molar-refractivity contribution is 5.77. The highest BCUT2D eigenvalue weighted by Gasteiger charge is 2.23. The van der Waals surface area contributed by atoms with Crippen molar-refractivity contribution in [2.24, 2.45) is 0 Å². The summed E-state index contributed by atoms with van der Waals surface area (Å²) in [4.78, 5) is 11.3. The van der Waals surface area contributed by atoms with Gasteiger partial charge in [-0.15, -0.1) is 0 Å². The third-order valence-electron chi connectivity index (χ3n) is 4.60. The van der Waals surface area contributed by atoms with E-state index in [1.807, 2.05) is 30.3 Å². The van der Waals surface area contributed by atoms with Crippen molar-refractivity contribution in [3.63, 3.8) is 0 Å². The lowest BCUT2D eigenvalue weighted by atomic mass is 10.2. The maximum atomic E-state index is 11.3. The fourth-order valence-corrected chi connectivity index (χ4v) is 3.16. The molecule has 0 radical (unpaired) electrons. The molecule has 0 amide bonds. The zero-order valence-electron chi connectivity index (χ0n) is 16.2. The normalized spacial score (nSPS) is 15.3. The summed E-state index contributed by atoms with van der Waals surface area (Å²) in [5.41, 5.74) is 0.160. The van der Waals surface area contributed by atoms with Crippen LogP contribution in [0.5, 0.6) is 23.0 Å². The van der Waals surface area contributed by atoms with E-state index in [-0.39, 0.29) is 11.7 Å². The van der Waals surface area contributed by atoms with Crippen LogP contribution in [0.2, 0.25) is 0 Å². The van der Waals surface area contributed by atoms with Crippen molar-refractivity contribution in [2.45, 2.75) is 12.5 Å². The largest absolute Gasteiger partial charge is 0.493 e. The Morgan fingerprint density at radius 2 is 2.07 bits per heavy atom. The molecule has 2 heterocycles. The van der Waals surface area contributed by atoms with Crippen LogP contribution in [0.25, 0.3) is 11.0 Å². The summed E-state index contributed by atoms with van der Waals surface area (Å²) >= 11 is 0. The van der Waals surface area contributed by atoms with Crippen LogP contribution in [0.1, 0.15) is 6.42 Å². The Bertz CT molecular complexity index is 1030. The first-order chi connectivity index (χ1) is 14.2. The first-order valence-corrected chi connectivity index (χ1v) is 9.57. The van der Waals surface area contributed by atoms with Gasteiger partial charge in [0.25, 0.3) is 0 Å². The van der Waals surface area contributed by atoms with E-state index < -0.39 is 0 Å². The fourth-order valence-electron chi connectivity index (χ4n) is 3.16. The Balaban J connectivity index is 1.18. The minimum Gasteiger partial charge on any atom is -0.493 e. The van der Waals surface area contributed by atoms with Gasteiger partial charge in [0.2, 0.25) is 5.75 Å². The molecule has 29 heavy (non-hydrogen) atoms. The van der Waals surface area contributed by atoms with Crippen LogP contribution < -0.4 is 29.9 Å². The van der Waals surface area contributed by atoms with E-state index in [9.17, 15) is 4.79 Å². The maximum absolute atomic E-state index is 11.3. The average molecular weight is 397 g/mol. The molecular formula is C22H23NO6. The van der Waals surface area contributed by atoms with Crippen LogP contribution in [0.3, 0.4) is 0 Å². The summed E-state index contributed by atoms with van der Waals surface area (Å²) in [6, 6.07) is 14.2. The van der Waals surface area contributed by atoms with Gasteiger partial charge in [0.05, 0.1) is 13.7 Å². The van der Waals surface area contributed by atoms with Gasteiger partial charge in [-0.3, -0.25) is 0 Å². The number of fused-ring (bicyclic) bond motifs is 2.